The Labute approximate surface area is 67.0 Å². The third-order valence-electron chi connectivity index (χ3n) is 0.691. The second kappa shape index (κ2) is 3.82. The molecule has 0 aromatic carbocycles. The molecule has 3 N–H and O–H groups in total. The van der Waals surface area contributed by atoms with E-state index >= 15 is 0 Å². The lowest BCUT2D eigenvalue weighted by molar-refractivity contribution is 1.31. The molecule has 2 nitrogen and oxygen atoms in total. The molecule has 1 heterocycles. The molecule has 9 heavy (non-hydrogen) atoms. The predicted molar refractivity (Wildman–Crippen MR) is 42.0 cm³/mol. The summed E-state index contributed by atoms with van der Waals surface area (Å²) in [4.78, 5) is 3.80. The maximum atomic E-state index is 5.48. The van der Waals surface area contributed by atoms with Gasteiger partial charge < -0.3 is 6.15 Å². The fraction of sp³-hybridized carbons (Fsp3) is 0. The molecule has 0 saturated carbocycles. The summed E-state index contributed by atoms with van der Waals surface area (Å²) in [5.41, 5.74) is 0. The topological polar surface area (TPSA) is 47.9 Å². The predicted octanol–water partition coefficient (Wildman–Crippen LogP) is 2.66. The molecule has 0 bridgehead atoms. The SMILES string of the molecule is Clc1ccc(Br)cn1.N. The van der Waals surface area contributed by atoms with Crippen LogP contribution in [0.25, 0.3) is 0 Å². The molecule has 4 heteroatoms. The molecule has 0 aliphatic heterocycles. The molecule has 0 spiro atoms. The van der Waals surface area contributed by atoms with Gasteiger partial charge in [-0.1, -0.05) is 11.6 Å². The van der Waals surface area contributed by atoms with Crippen LogP contribution in [-0.2, 0) is 0 Å². The molecule has 0 aliphatic carbocycles. The van der Waals surface area contributed by atoms with Gasteiger partial charge in [-0.25, -0.2) is 4.98 Å². The first-order valence-electron chi connectivity index (χ1n) is 2.06. The first-order valence-corrected chi connectivity index (χ1v) is 3.23. The summed E-state index contributed by atoms with van der Waals surface area (Å²) in [7, 11) is 0. The smallest absolute Gasteiger partial charge is 0.129 e. The van der Waals surface area contributed by atoms with E-state index < -0.39 is 0 Å². The van der Waals surface area contributed by atoms with Gasteiger partial charge in [-0.15, -0.1) is 0 Å². The molecule has 0 fully saturated rings. The minimum Gasteiger partial charge on any atom is -0.344 e. The van der Waals surface area contributed by atoms with E-state index in [1.54, 1.807) is 12.3 Å². The zero-order chi connectivity index (χ0) is 5.98. The Hall–Kier alpha value is -0.120. The maximum absolute atomic E-state index is 5.48. The number of hydrogen-bond acceptors (Lipinski definition) is 2. The zero-order valence-corrected chi connectivity index (χ0v) is 6.98. The standard InChI is InChI=1S/C5H3BrClN.H3N/c6-4-1-2-5(7)8-3-4;/h1-3H;1H3. The van der Waals surface area contributed by atoms with Crippen molar-refractivity contribution in [2.75, 3.05) is 0 Å². The van der Waals surface area contributed by atoms with Crippen LogP contribution >= 0.6 is 27.5 Å². The van der Waals surface area contributed by atoms with E-state index in [1.165, 1.54) is 0 Å². The van der Waals surface area contributed by atoms with Crippen LogP contribution in [0.4, 0.5) is 0 Å². The fourth-order valence-electron chi connectivity index (χ4n) is 0.358. The van der Waals surface area contributed by atoms with Crippen molar-refractivity contribution in [2.45, 2.75) is 0 Å². The second-order valence-electron chi connectivity index (χ2n) is 1.30. The normalized spacial score (nSPS) is 8.22. The van der Waals surface area contributed by atoms with Crippen molar-refractivity contribution < 1.29 is 0 Å². The van der Waals surface area contributed by atoms with E-state index in [4.69, 9.17) is 11.6 Å². The van der Waals surface area contributed by atoms with Crippen molar-refractivity contribution in [1.29, 1.82) is 0 Å². The van der Waals surface area contributed by atoms with Gasteiger partial charge in [0.15, 0.2) is 0 Å². The third kappa shape index (κ3) is 2.79. The lowest BCUT2D eigenvalue weighted by Gasteiger charge is -1.85. The fourth-order valence-corrected chi connectivity index (χ4v) is 0.704. The molecule has 0 aliphatic rings. The number of rotatable bonds is 0. The minimum absolute atomic E-state index is 0. The summed E-state index contributed by atoms with van der Waals surface area (Å²) >= 11 is 8.70. The van der Waals surface area contributed by atoms with Crippen LogP contribution in [0.5, 0.6) is 0 Å². The molecule has 1 aromatic rings. The van der Waals surface area contributed by atoms with Gasteiger partial charge in [0, 0.05) is 10.7 Å². The van der Waals surface area contributed by atoms with Crippen LogP contribution in [-0.4, -0.2) is 4.98 Å². The van der Waals surface area contributed by atoms with E-state index in [-0.39, 0.29) is 6.15 Å². The van der Waals surface area contributed by atoms with Gasteiger partial charge in [-0.2, -0.15) is 0 Å². The molecule has 0 unspecified atom stereocenters. The second-order valence-corrected chi connectivity index (χ2v) is 2.60. The molecule has 0 amide bonds. The number of nitrogens with zero attached hydrogens (tertiary/aromatic N) is 1. The molecule has 0 atom stereocenters. The highest BCUT2D eigenvalue weighted by Crippen LogP contribution is 2.09. The van der Waals surface area contributed by atoms with Gasteiger partial charge in [0.2, 0.25) is 0 Å². The Morgan fingerprint density at radius 3 is 2.44 bits per heavy atom. The summed E-state index contributed by atoms with van der Waals surface area (Å²) < 4.78 is 0.946. The average Bonchev–Trinajstić information content (AvgIpc) is 1.77. The number of hydrogen-bond donors (Lipinski definition) is 1. The summed E-state index contributed by atoms with van der Waals surface area (Å²) in [5.74, 6) is 0. The highest BCUT2D eigenvalue weighted by molar-refractivity contribution is 9.10. The Morgan fingerprint density at radius 2 is 2.11 bits per heavy atom. The zero-order valence-electron chi connectivity index (χ0n) is 4.64. The highest BCUT2D eigenvalue weighted by atomic mass is 79.9. The minimum atomic E-state index is 0. The largest absolute Gasteiger partial charge is 0.344 e. The van der Waals surface area contributed by atoms with Gasteiger partial charge in [-0.3, -0.25) is 0 Å². The Morgan fingerprint density at radius 1 is 1.44 bits per heavy atom. The number of aromatic nitrogens is 1. The quantitative estimate of drug-likeness (QED) is 0.668. The lowest BCUT2D eigenvalue weighted by Crippen LogP contribution is -1.69. The Bertz CT molecular complexity index is 154. The maximum Gasteiger partial charge on any atom is 0.129 e. The Balaban J connectivity index is 0.000000640. The molecule has 1 aromatic heterocycles. The van der Waals surface area contributed by atoms with Crippen molar-refractivity contribution in [3.63, 3.8) is 0 Å². The third-order valence-corrected chi connectivity index (χ3v) is 1.38. The van der Waals surface area contributed by atoms with Gasteiger partial charge in [0.25, 0.3) is 0 Å². The number of pyridine rings is 1. The highest BCUT2D eigenvalue weighted by Gasteiger charge is 1.84. The lowest BCUT2D eigenvalue weighted by atomic mass is 10.5. The van der Waals surface area contributed by atoms with Crippen molar-refractivity contribution >= 4 is 27.5 Å². The molecular formula is C5H6BrClN2. The van der Waals surface area contributed by atoms with Crippen LogP contribution in [0.1, 0.15) is 0 Å². The van der Waals surface area contributed by atoms with Gasteiger partial charge in [0.05, 0.1) is 0 Å². The van der Waals surface area contributed by atoms with Crippen molar-refractivity contribution in [2.24, 2.45) is 0 Å². The molecule has 0 saturated heterocycles. The van der Waals surface area contributed by atoms with Crippen LogP contribution in [0, 0.1) is 0 Å². The number of halogens is 2. The van der Waals surface area contributed by atoms with Gasteiger partial charge in [-0.05, 0) is 28.1 Å². The molecule has 0 radical (unpaired) electrons. The van der Waals surface area contributed by atoms with E-state index in [0.29, 0.717) is 5.15 Å². The van der Waals surface area contributed by atoms with Crippen LogP contribution in [0.3, 0.4) is 0 Å². The van der Waals surface area contributed by atoms with Crippen LogP contribution in [0.2, 0.25) is 5.15 Å². The first kappa shape index (κ1) is 8.88. The monoisotopic (exact) mass is 208 g/mol. The van der Waals surface area contributed by atoms with Crippen molar-refractivity contribution in [3.8, 4) is 0 Å². The van der Waals surface area contributed by atoms with Crippen LogP contribution in [0.15, 0.2) is 22.8 Å². The molecular weight excluding hydrogens is 203 g/mol. The van der Waals surface area contributed by atoms with Crippen LogP contribution < -0.4 is 6.15 Å². The molecule has 1 rings (SSSR count). The van der Waals surface area contributed by atoms with Crippen molar-refractivity contribution in [1.82, 2.24) is 11.1 Å². The Kier molecular flexibility index (Phi) is 3.77. The summed E-state index contributed by atoms with van der Waals surface area (Å²) in [6.45, 7) is 0. The summed E-state index contributed by atoms with van der Waals surface area (Å²) in [5, 5.41) is 0.521. The van der Waals surface area contributed by atoms with Gasteiger partial charge in [0.1, 0.15) is 5.15 Å². The molecule has 50 valence electrons. The first-order chi connectivity index (χ1) is 3.79. The summed E-state index contributed by atoms with van der Waals surface area (Å²) in [6.07, 6.45) is 1.66. The van der Waals surface area contributed by atoms with E-state index in [2.05, 4.69) is 20.9 Å². The van der Waals surface area contributed by atoms with E-state index in [9.17, 15) is 0 Å². The van der Waals surface area contributed by atoms with Crippen molar-refractivity contribution in [3.05, 3.63) is 28.0 Å². The van der Waals surface area contributed by atoms with Gasteiger partial charge >= 0.3 is 0 Å². The summed E-state index contributed by atoms with van der Waals surface area (Å²) in [6, 6.07) is 3.57. The van der Waals surface area contributed by atoms with E-state index in [0.717, 1.165) is 4.47 Å². The van der Waals surface area contributed by atoms with E-state index in [1.807, 2.05) is 6.07 Å². The average molecular weight is 209 g/mol.